The molecular formula is C74H60N2. The van der Waals surface area contributed by atoms with Gasteiger partial charge in [0.2, 0.25) is 0 Å². The van der Waals surface area contributed by atoms with Crippen LogP contribution in [0.5, 0.6) is 0 Å². The molecular weight excluding hydrogens is 917 g/mol. The van der Waals surface area contributed by atoms with Crippen molar-refractivity contribution in [1.82, 2.24) is 0 Å². The molecule has 0 N–H and O–H groups in total. The van der Waals surface area contributed by atoms with Crippen molar-refractivity contribution in [3.8, 4) is 22.3 Å². The van der Waals surface area contributed by atoms with E-state index >= 15 is 0 Å². The standard InChI is InChI=1S/C74H60N2/c1-49-10-26-57(27-11-49)70(58-28-12-50(2)13-29-58)46-55-22-38-62(39-23-55)75(61-34-18-53(5)19-35-61)65-42-43-66-68-44-45-73(69-9-7-8-67(74(68)69)72(66)48-65)76(63-36-20-54(6)21-37-63)64-40-24-56(25-41-64)47-71(59-30-14-51(3)15-31-59)60-32-16-52(4)17-33-60/h7-48H,1-6H3. The number of anilines is 6. The molecule has 0 atom stereocenters. The molecule has 11 aromatic carbocycles. The summed E-state index contributed by atoms with van der Waals surface area (Å²) in [5.41, 5.74) is 28.7. The van der Waals surface area contributed by atoms with Crippen molar-refractivity contribution in [2.75, 3.05) is 9.80 Å². The van der Waals surface area contributed by atoms with Crippen LogP contribution in [0.2, 0.25) is 0 Å². The van der Waals surface area contributed by atoms with Gasteiger partial charge in [-0.3, -0.25) is 0 Å². The van der Waals surface area contributed by atoms with Gasteiger partial charge in [0.1, 0.15) is 0 Å². The summed E-state index contributed by atoms with van der Waals surface area (Å²) in [7, 11) is 0. The maximum Gasteiger partial charge on any atom is 0.0540 e. The first kappa shape index (κ1) is 47.7. The van der Waals surface area contributed by atoms with Gasteiger partial charge in [-0.1, -0.05) is 209 Å². The molecule has 0 aliphatic heterocycles. The Hall–Kier alpha value is -9.24. The number of nitrogens with zero attached hydrogens (tertiary/aromatic N) is 2. The Morgan fingerprint density at radius 3 is 1.01 bits per heavy atom. The summed E-state index contributed by atoms with van der Waals surface area (Å²) in [5, 5.41) is 2.49. The van der Waals surface area contributed by atoms with Gasteiger partial charge in [-0.15, -0.1) is 0 Å². The largest absolute Gasteiger partial charge is 0.310 e. The van der Waals surface area contributed by atoms with Gasteiger partial charge in [-0.2, -0.15) is 0 Å². The molecule has 0 spiro atoms. The van der Waals surface area contributed by atoms with E-state index in [1.807, 2.05) is 0 Å². The van der Waals surface area contributed by atoms with Crippen LogP contribution in [-0.4, -0.2) is 0 Å². The first-order chi connectivity index (χ1) is 37.1. The van der Waals surface area contributed by atoms with Gasteiger partial charge >= 0.3 is 0 Å². The van der Waals surface area contributed by atoms with E-state index in [0.717, 1.165) is 45.3 Å². The van der Waals surface area contributed by atoms with Gasteiger partial charge in [-0.05, 0) is 193 Å². The van der Waals surface area contributed by atoms with E-state index in [1.54, 1.807) is 0 Å². The lowest BCUT2D eigenvalue weighted by Crippen LogP contribution is -2.10. The lowest BCUT2D eigenvalue weighted by molar-refractivity contribution is 1.27. The van der Waals surface area contributed by atoms with Gasteiger partial charge in [0.25, 0.3) is 0 Å². The van der Waals surface area contributed by atoms with Crippen LogP contribution in [0, 0.1) is 41.5 Å². The fourth-order valence-electron chi connectivity index (χ4n) is 10.8. The predicted octanol–water partition coefficient (Wildman–Crippen LogP) is 20.5. The molecule has 12 rings (SSSR count). The van der Waals surface area contributed by atoms with Gasteiger partial charge in [-0.25, -0.2) is 0 Å². The van der Waals surface area contributed by atoms with Crippen molar-refractivity contribution in [3.05, 3.63) is 309 Å². The number of rotatable bonds is 12. The van der Waals surface area contributed by atoms with Gasteiger partial charge in [0, 0.05) is 33.8 Å². The van der Waals surface area contributed by atoms with Gasteiger partial charge in [0.05, 0.1) is 5.69 Å². The fourth-order valence-corrected chi connectivity index (χ4v) is 10.8. The van der Waals surface area contributed by atoms with E-state index < -0.39 is 0 Å². The number of fused-ring (bicyclic) bond motifs is 3. The summed E-state index contributed by atoms with van der Waals surface area (Å²) < 4.78 is 0. The predicted molar refractivity (Wildman–Crippen MR) is 326 cm³/mol. The Bertz CT molecular complexity index is 3860. The maximum atomic E-state index is 2.42. The van der Waals surface area contributed by atoms with Crippen molar-refractivity contribution in [1.29, 1.82) is 0 Å². The van der Waals surface area contributed by atoms with Crippen LogP contribution in [-0.2, 0) is 0 Å². The molecule has 0 amide bonds. The van der Waals surface area contributed by atoms with Crippen molar-refractivity contribution < 1.29 is 0 Å². The van der Waals surface area contributed by atoms with E-state index in [9.17, 15) is 0 Å². The topological polar surface area (TPSA) is 6.48 Å². The first-order valence-corrected chi connectivity index (χ1v) is 26.5. The molecule has 0 saturated heterocycles. The summed E-state index contributed by atoms with van der Waals surface area (Å²) in [4.78, 5) is 4.82. The average Bonchev–Trinajstić information content (AvgIpc) is 3.93. The molecule has 0 unspecified atom stereocenters. The molecule has 0 bridgehead atoms. The zero-order chi connectivity index (χ0) is 51.9. The van der Waals surface area contributed by atoms with Crippen LogP contribution in [0.3, 0.4) is 0 Å². The van der Waals surface area contributed by atoms with Crippen molar-refractivity contribution in [3.63, 3.8) is 0 Å². The van der Waals surface area contributed by atoms with Crippen LogP contribution in [0.15, 0.2) is 243 Å². The third-order valence-electron chi connectivity index (χ3n) is 15.1. The van der Waals surface area contributed by atoms with Crippen LogP contribution in [0.1, 0.15) is 66.8 Å². The second-order valence-electron chi connectivity index (χ2n) is 20.7. The van der Waals surface area contributed by atoms with E-state index in [2.05, 4.69) is 306 Å². The summed E-state index contributed by atoms with van der Waals surface area (Å²) in [6, 6.07) is 89.8. The first-order valence-electron chi connectivity index (χ1n) is 26.5. The lowest BCUT2D eigenvalue weighted by atomic mass is 9.94. The minimum absolute atomic E-state index is 1.10. The Kier molecular flexibility index (Phi) is 12.7. The molecule has 0 heterocycles. The summed E-state index contributed by atoms with van der Waals surface area (Å²) in [6.07, 6.45) is 4.64. The highest BCUT2D eigenvalue weighted by Gasteiger charge is 2.27. The van der Waals surface area contributed by atoms with Crippen LogP contribution in [0.25, 0.3) is 56.3 Å². The van der Waals surface area contributed by atoms with Gasteiger partial charge in [0.15, 0.2) is 0 Å². The highest BCUT2D eigenvalue weighted by atomic mass is 15.1. The quantitative estimate of drug-likeness (QED) is 0.113. The Labute approximate surface area is 448 Å². The van der Waals surface area contributed by atoms with Crippen LogP contribution < -0.4 is 9.80 Å². The molecule has 2 nitrogen and oxygen atoms in total. The third kappa shape index (κ3) is 9.47. The number of benzene rings is 11. The van der Waals surface area contributed by atoms with E-state index in [1.165, 1.54) is 99.8 Å². The Balaban J connectivity index is 0.922. The van der Waals surface area contributed by atoms with E-state index in [-0.39, 0.29) is 0 Å². The fraction of sp³-hybridized carbons (Fsp3) is 0.0811. The summed E-state index contributed by atoms with van der Waals surface area (Å²) in [5.74, 6) is 0. The molecule has 1 aliphatic carbocycles. The second kappa shape index (κ2) is 20.2. The molecule has 0 saturated carbocycles. The number of hydrogen-bond donors (Lipinski definition) is 0. The number of aryl methyl sites for hydroxylation is 6. The maximum absolute atomic E-state index is 2.42. The van der Waals surface area contributed by atoms with Crippen LogP contribution in [0.4, 0.5) is 34.1 Å². The summed E-state index contributed by atoms with van der Waals surface area (Å²) in [6.45, 7) is 12.9. The van der Waals surface area contributed by atoms with Crippen molar-refractivity contribution in [2.24, 2.45) is 0 Å². The Morgan fingerprint density at radius 1 is 0.276 bits per heavy atom. The third-order valence-corrected chi connectivity index (χ3v) is 15.1. The second-order valence-corrected chi connectivity index (χ2v) is 20.7. The van der Waals surface area contributed by atoms with E-state index in [4.69, 9.17) is 0 Å². The SMILES string of the molecule is Cc1ccc(C(=Cc2ccc(N(c3ccc(C)cc3)c3ccc4c(c3)-c3cccc5c(N(c6ccc(C)cc6)c6ccc(C=C(c7ccc(C)cc7)c7ccc(C)cc7)cc6)ccc-4c35)cc2)c2ccc(C)cc2)cc1. The number of hydrogen-bond acceptors (Lipinski definition) is 2. The minimum atomic E-state index is 1.10. The minimum Gasteiger partial charge on any atom is -0.310 e. The average molecular weight is 977 g/mol. The summed E-state index contributed by atoms with van der Waals surface area (Å²) >= 11 is 0. The monoisotopic (exact) mass is 976 g/mol. The highest BCUT2D eigenvalue weighted by Crippen LogP contribution is 2.53. The van der Waals surface area contributed by atoms with E-state index in [0.29, 0.717) is 0 Å². The molecule has 11 aromatic rings. The van der Waals surface area contributed by atoms with Crippen LogP contribution >= 0.6 is 0 Å². The Morgan fingerprint density at radius 2 is 0.605 bits per heavy atom. The molecule has 0 radical (unpaired) electrons. The normalized spacial score (nSPS) is 11.3. The highest BCUT2D eigenvalue weighted by molar-refractivity contribution is 6.19. The van der Waals surface area contributed by atoms with Crippen molar-refractivity contribution in [2.45, 2.75) is 41.5 Å². The molecule has 0 fully saturated rings. The molecule has 366 valence electrons. The zero-order valence-corrected chi connectivity index (χ0v) is 44.1. The van der Waals surface area contributed by atoms with Crippen molar-refractivity contribution >= 4 is 68.2 Å². The molecule has 2 heteroatoms. The smallest absolute Gasteiger partial charge is 0.0540 e. The molecule has 76 heavy (non-hydrogen) atoms. The lowest BCUT2D eigenvalue weighted by Gasteiger charge is -2.27. The molecule has 1 aliphatic rings. The molecule has 0 aromatic heterocycles. The zero-order valence-electron chi connectivity index (χ0n) is 44.1. The van der Waals surface area contributed by atoms with Gasteiger partial charge < -0.3 is 9.80 Å².